The molecule has 0 saturated carbocycles. The van der Waals surface area contributed by atoms with Gasteiger partial charge < -0.3 is 15.0 Å². The second-order valence-corrected chi connectivity index (χ2v) is 6.71. The number of aromatic nitrogens is 2. The predicted octanol–water partition coefficient (Wildman–Crippen LogP) is 0.0332. The lowest BCUT2D eigenvalue weighted by Crippen LogP contribution is -2.39. The van der Waals surface area contributed by atoms with Crippen molar-refractivity contribution >= 4 is 16.6 Å². The minimum atomic E-state index is -0.653. The van der Waals surface area contributed by atoms with Crippen molar-refractivity contribution in [2.45, 2.75) is 13.5 Å². The maximum Gasteiger partial charge on any atom is 0.131 e. The Balaban J connectivity index is 2.08. The summed E-state index contributed by atoms with van der Waals surface area (Å²) >= 11 is 0. The summed E-state index contributed by atoms with van der Waals surface area (Å²) in [4.78, 5) is 2.30. The van der Waals surface area contributed by atoms with Crippen molar-refractivity contribution in [3.05, 3.63) is 11.3 Å². The van der Waals surface area contributed by atoms with Crippen LogP contribution in [0.2, 0.25) is 0 Å². The van der Waals surface area contributed by atoms with Crippen LogP contribution in [0.1, 0.15) is 11.3 Å². The standard InChI is InChI=1S/C13H24N4O2S/c1-11-12(10-14-4-7-19-3)13(16(2)15-11)17-5-8-20(18)9-6-17/h14H,4-10H2,1-3H3. The first-order chi connectivity index (χ1) is 9.63. The van der Waals surface area contributed by atoms with E-state index >= 15 is 0 Å². The maximum absolute atomic E-state index is 11.5. The number of methoxy groups -OCH3 is 1. The second-order valence-electron chi connectivity index (χ2n) is 5.02. The number of aryl methyl sites for hydroxylation is 2. The molecule has 1 N–H and O–H groups in total. The van der Waals surface area contributed by atoms with Crippen LogP contribution < -0.4 is 10.2 Å². The number of nitrogens with one attached hydrogen (secondary N) is 1. The topological polar surface area (TPSA) is 59.4 Å². The van der Waals surface area contributed by atoms with E-state index in [4.69, 9.17) is 4.74 Å². The first-order valence-corrected chi connectivity index (χ1v) is 8.44. The summed E-state index contributed by atoms with van der Waals surface area (Å²) in [5, 5.41) is 7.91. The molecule has 0 amide bonds. The van der Waals surface area contributed by atoms with Crippen molar-refractivity contribution in [1.82, 2.24) is 15.1 Å². The number of anilines is 1. The fraction of sp³-hybridized carbons (Fsp3) is 0.769. The quantitative estimate of drug-likeness (QED) is 0.751. The molecule has 2 rings (SSSR count). The van der Waals surface area contributed by atoms with Gasteiger partial charge in [-0.15, -0.1) is 0 Å². The van der Waals surface area contributed by atoms with E-state index in [0.717, 1.165) is 49.2 Å². The number of hydrogen-bond donors (Lipinski definition) is 1. The molecule has 0 unspecified atom stereocenters. The monoisotopic (exact) mass is 300 g/mol. The van der Waals surface area contributed by atoms with E-state index < -0.39 is 10.8 Å². The number of rotatable bonds is 6. The molecule has 0 spiro atoms. The Morgan fingerprint density at radius 2 is 2.10 bits per heavy atom. The van der Waals surface area contributed by atoms with Crippen molar-refractivity contribution in [3.63, 3.8) is 0 Å². The molecule has 20 heavy (non-hydrogen) atoms. The van der Waals surface area contributed by atoms with Crippen LogP contribution in [-0.4, -0.2) is 58.8 Å². The molecule has 0 atom stereocenters. The van der Waals surface area contributed by atoms with Gasteiger partial charge in [-0.3, -0.25) is 8.89 Å². The summed E-state index contributed by atoms with van der Waals surface area (Å²) < 4.78 is 18.5. The molecule has 1 fully saturated rings. The van der Waals surface area contributed by atoms with Crippen molar-refractivity contribution in [1.29, 1.82) is 0 Å². The fourth-order valence-electron chi connectivity index (χ4n) is 2.53. The normalized spacial score (nSPS) is 16.9. The van der Waals surface area contributed by atoms with E-state index in [1.165, 1.54) is 5.56 Å². The van der Waals surface area contributed by atoms with Crippen LogP contribution in [-0.2, 0) is 29.1 Å². The highest BCUT2D eigenvalue weighted by molar-refractivity contribution is 7.85. The highest BCUT2D eigenvalue weighted by Gasteiger charge is 2.22. The van der Waals surface area contributed by atoms with Crippen molar-refractivity contribution in [3.8, 4) is 0 Å². The second kappa shape index (κ2) is 7.19. The van der Waals surface area contributed by atoms with Crippen LogP contribution in [0.4, 0.5) is 5.82 Å². The van der Waals surface area contributed by atoms with E-state index in [2.05, 4.69) is 15.3 Å². The van der Waals surface area contributed by atoms with Crippen LogP contribution in [0, 0.1) is 6.92 Å². The Morgan fingerprint density at radius 1 is 1.40 bits per heavy atom. The van der Waals surface area contributed by atoms with Gasteiger partial charge in [0, 0.05) is 68.2 Å². The molecule has 1 saturated heterocycles. The molecule has 114 valence electrons. The summed E-state index contributed by atoms with van der Waals surface area (Å²) in [5.74, 6) is 2.66. The number of hydrogen-bond acceptors (Lipinski definition) is 5. The molecule has 6 nitrogen and oxygen atoms in total. The third-order valence-corrected chi connectivity index (χ3v) is 4.85. The lowest BCUT2D eigenvalue weighted by molar-refractivity contribution is 0.199. The Kier molecular flexibility index (Phi) is 5.56. The first kappa shape index (κ1) is 15.5. The molecule has 0 bridgehead atoms. The SMILES string of the molecule is COCCNCc1c(C)nn(C)c1N1CCS(=O)CC1. The summed E-state index contributed by atoms with van der Waals surface area (Å²) in [7, 11) is 3.03. The van der Waals surface area contributed by atoms with Gasteiger partial charge in [0.05, 0.1) is 12.3 Å². The van der Waals surface area contributed by atoms with Gasteiger partial charge in [0.2, 0.25) is 0 Å². The van der Waals surface area contributed by atoms with E-state index in [-0.39, 0.29) is 0 Å². The van der Waals surface area contributed by atoms with Gasteiger partial charge in [-0.25, -0.2) is 0 Å². The van der Waals surface area contributed by atoms with Crippen LogP contribution >= 0.6 is 0 Å². The summed E-state index contributed by atoms with van der Waals surface area (Å²) in [5.41, 5.74) is 2.29. The molecular weight excluding hydrogens is 276 g/mol. The van der Waals surface area contributed by atoms with Gasteiger partial charge in [-0.2, -0.15) is 5.10 Å². The van der Waals surface area contributed by atoms with Crippen LogP contribution in [0.25, 0.3) is 0 Å². The van der Waals surface area contributed by atoms with Gasteiger partial charge >= 0.3 is 0 Å². The molecular formula is C13H24N4O2S. The average molecular weight is 300 g/mol. The summed E-state index contributed by atoms with van der Waals surface area (Å²) in [6.45, 7) is 6.05. The number of nitrogens with zero attached hydrogens (tertiary/aromatic N) is 3. The highest BCUT2D eigenvalue weighted by atomic mass is 32.2. The van der Waals surface area contributed by atoms with Gasteiger partial charge in [0.25, 0.3) is 0 Å². The zero-order valence-electron chi connectivity index (χ0n) is 12.5. The molecule has 1 aliphatic rings. The van der Waals surface area contributed by atoms with Gasteiger partial charge in [-0.1, -0.05) is 0 Å². The Hall–Kier alpha value is -0.920. The highest BCUT2D eigenvalue weighted by Crippen LogP contribution is 2.24. The summed E-state index contributed by atoms with van der Waals surface area (Å²) in [6, 6.07) is 0. The minimum absolute atomic E-state index is 0.653. The Labute approximate surface area is 122 Å². The van der Waals surface area contributed by atoms with Crippen LogP contribution in [0.5, 0.6) is 0 Å². The molecule has 1 aromatic rings. The Morgan fingerprint density at radius 3 is 2.75 bits per heavy atom. The lowest BCUT2D eigenvalue weighted by Gasteiger charge is -2.29. The molecule has 2 heterocycles. The third-order valence-electron chi connectivity index (χ3n) is 3.58. The molecule has 1 aliphatic heterocycles. The lowest BCUT2D eigenvalue weighted by atomic mass is 10.2. The van der Waals surface area contributed by atoms with Gasteiger partial charge in [0.15, 0.2) is 0 Å². The Bertz CT molecular complexity index is 465. The average Bonchev–Trinajstić information content (AvgIpc) is 2.70. The smallest absolute Gasteiger partial charge is 0.131 e. The first-order valence-electron chi connectivity index (χ1n) is 6.95. The van der Waals surface area contributed by atoms with E-state index in [9.17, 15) is 4.21 Å². The molecule has 0 aromatic carbocycles. The largest absolute Gasteiger partial charge is 0.383 e. The van der Waals surface area contributed by atoms with Crippen molar-refractivity contribution in [2.75, 3.05) is 49.8 Å². The zero-order valence-corrected chi connectivity index (χ0v) is 13.3. The minimum Gasteiger partial charge on any atom is -0.383 e. The van der Waals surface area contributed by atoms with E-state index in [1.54, 1.807) is 7.11 Å². The maximum atomic E-state index is 11.5. The van der Waals surface area contributed by atoms with Crippen LogP contribution in [0.3, 0.4) is 0 Å². The van der Waals surface area contributed by atoms with Crippen molar-refractivity contribution < 1.29 is 8.95 Å². The summed E-state index contributed by atoms with van der Waals surface area (Å²) in [6.07, 6.45) is 0. The van der Waals surface area contributed by atoms with Crippen LogP contribution in [0.15, 0.2) is 0 Å². The van der Waals surface area contributed by atoms with E-state index in [0.29, 0.717) is 6.61 Å². The molecule has 0 radical (unpaired) electrons. The number of ether oxygens (including phenoxy) is 1. The van der Waals surface area contributed by atoms with Gasteiger partial charge in [-0.05, 0) is 6.92 Å². The van der Waals surface area contributed by atoms with Crippen molar-refractivity contribution in [2.24, 2.45) is 7.05 Å². The predicted molar refractivity (Wildman–Crippen MR) is 81.6 cm³/mol. The molecule has 0 aliphatic carbocycles. The van der Waals surface area contributed by atoms with E-state index in [1.807, 2.05) is 18.7 Å². The third kappa shape index (κ3) is 3.59. The van der Waals surface area contributed by atoms with Gasteiger partial charge in [0.1, 0.15) is 5.82 Å². The molecule has 1 aromatic heterocycles. The molecule has 7 heteroatoms. The zero-order chi connectivity index (χ0) is 14.5. The fourth-order valence-corrected chi connectivity index (χ4v) is 3.58.